The first-order valence-corrected chi connectivity index (χ1v) is 7.29. The lowest BCUT2D eigenvalue weighted by molar-refractivity contribution is 0.414. The molecule has 0 amide bonds. The molecule has 2 unspecified atom stereocenters. The van der Waals surface area contributed by atoms with Gasteiger partial charge in [-0.15, -0.1) is 0 Å². The second-order valence-corrected chi connectivity index (χ2v) is 6.23. The first kappa shape index (κ1) is 14.5. The van der Waals surface area contributed by atoms with Gasteiger partial charge in [-0.3, -0.25) is 0 Å². The number of nitriles is 1. The molecule has 4 nitrogen and oxygen atoms in total. The molecule has 1 rings (SSSR count). The highest BCUT2D eigenvalue weighted by Crippen LogP contribution is 2.24. The van der Waals surface area contributed by atoms with Crippen LogP contribution in [0.3, 0.4) is 0 Å². The van der Waals surface area contributed by atoms with Crippen molar-refractivity contribution in [1.82, 2.24) is 0 Å². The minimum absolute atomic E-state index is 0.162. The van der Waals surface area contributed by atoms with Gasteiger partial charge in [0.15, 0.2) is 15.1 Å². The SMILES string of the molecule is CCC(C)C(C#N)S(=O)(=O)c1ccc(OC)cc1. The molecular formula is C13H17NO3S. The predicted octanol–water partition coefficient (Wildman–Crippen LogP) is 2.41. The molecule has 0 aliphatic rings. The van der Waals surface area contributed by atoms with E-state index in [1.54, 1.807) is 19.1 Å². The summed E-state index contributed by atoms with van der Waals surface area (Å²) in [7, 11) is -2.09. The maximum atomic E-state index is 12.3. The molecule has 1 aromatic rings. The van der Waals surface area contributed by atoms with Crippen molar-refractivity contribution in [2.45, 2.75) is 30.4 Å². The Bertz CT molecular complexity index is 528. The molecule has 98 valence electrons. The van der Waals surface area contributed by atoms with Crippen molar-refractivity contribution in [3.8, 4) is 11.8 Å². The summed E-state index contributed by atoms with van der Waals surface area (Å²) in [5.41, 5.74) is 0. The molecule has 0 spiro atoms. The van der Waals surface area contributed by atoms with Crippen LogP contribution in [0.5, 0.6) is 5.75 Å². The average molecular weight is 267 g/mol. The highest BCUT2D eigenvalue weighted by Gasteiger charge is 2.31. The predicted molar refractivity (Wildman–Crippen MR) is 69.0 cm³/mol. The molecule has 0 aliphatic carbocycles. The Morgan fingerprint density at radius 2 is 1.89 bits per heavy atom. The molecule has 0 heterocycles. The molecule has 0 aromatic heterocycles. The van der Waals surface area contributed by atoms with Crippen LogP contribution in [0.2, 0.25) is 0 Å². The summed E-state index contributed by atoms with van der Waals surface area (Å²) >= 11 is 0. The van der Waals surface area contributed by atoms with Crippen LogP contribution in [0.4, 0.5) is 0 Å². The molecular weight excluding hydrogens is 250 g/mol. The first-order chi connectivity index (χ1) is 8.47. The molecule has 0 saturated carbocycles. The van der Waals surface area contributed by atoms with Gasteiger partial charge in [0.05, 0.1) is 18.1 Å². The number of benzene rings is 1. The van der Waals surface area contributed by atoms with Gasteiger partial charge in [0.25, 0.3) is 0 Å². The van der Waals surface area contributed by atoms with E-state index in [9.17, 15) is 8.42 Å². The number of hydrogen-bond donors (Lipinski definition) is 0. The molecule has 1 aromatic carbocycles. The average Bonchev–Trinajstić information content (AvgIpc) is 2.39. The van der Waals surface area contributed by atoms with Gasteiger partial charge in [-0.1, -0.05) is 20.3 Å². The van der Waals surface area contributed by atoms with Crippen molar-refractivity contribution in [3.05, 3.63) is 24.3 Å². The fraction of sp³-hybridized carbons (Fsp3) is 0.462. The fourth-order valence-electron chi connectivity index (χ4n) is 1.63. The van der Waals surface area contributed by atoms with E-state index in [4.69, 9.17) is 10.00 Å². The third-order valence-corrected chi connectivity index (χ3v) is 5.18. The summed E-state index contributed by atoms with van der Waals surface area (Å²) in [5, 5.41) is 8.07. The smallest absolute Gasteiger partial charge is 0.194 e. The highest BCUT2D eigenvalue weighted by atomic mass is 32.2. The molecule has 0 fully saturated rings. The lowest BCUT2D eigenvalue weighted by Crippen LogP contribution is -2.26. The number of hydrogen-bond acceptors (Lipinski definition) is 4. The van der Waals surface area contributed by atoms with Gasteiger partial charge in [-0.05, 0) is 30.2 Å². The molecule has 2 atom stereocenters. The van der Waals surface area contributed by atoms with Crippen LogP contribution in [0.15, 0.2) is 29.2 Å². The lowest BCUT2D eigenvalue weighted by Gasteiger charge is -2.16. The van der Waals surface area contributed by atoms with Crippen molar-refractivity contribution in [2.24, 2.45) is 5.92 Å². The normalized spacial score (nSPS) is 14.6. The molecule has 0 bridgehead atoms. The number of nitrogens with zero attached hydrogens (tertiary/aromatic N) is 1. The Balaban J connectivity index is 3.15. The van der Waals surface area contributed by atoms with Gasteiger partial charge in [-0.2, -0.15) is 5.26 Å². The van der Waals surface area contributed by atoms with Gasteiger partial charge in [0, 0.05) is 0 Å². The number of methoxy groups -OCH3 is 1. The third-order valence-electron chi connectivity index (χ3n) is 3.01. The van der Waals surface area contributed by atoms with Gasteiger partial charge >= 0.3 is 0 Å². The van der Waals surface area contributed by atoms with Crippen molar-refractivity contribution in [2.75, 3.05) is 7.11 Å². The third kappa shape index (κ3) is 2.82. The van der Waals surface area contributed by atoms with E-state index in [1.165, 1.54) is 19.2 Å². The number of sulfone groups is 1. The van der Waals surface area contributed by atoms with E-state index in [-0.39, 0.29) is 10.8 Å². The Hall–Kier alpha value is -1.54. The second-order valence-electron chi connectivity index (χ2n) is 4.16. The number of ether oxygens (including phenoxy) is 1. The zero-order valence-corrected chi connectivity index (χ0v) is 11.6. The monoisotopic (exact) mass is 267 g/mol. The summed E-state index contributed by atoms with van der Waals surface area (Å²) in [4.78, 5) is 0.162. The fourth-order valence-corrected chi connectivity index (χ4v) is 3.38. The zero-order valence-electron chi connectivity index (χ0n) is 10.8. The topological polar surface area (TPSA) is 67.2 Å². The van der Waals surface area contributed by atoms with Crippen molar-refractivity contribution in [1.29, 1.82) is 5.26 Å². The minimum Gasteiger partial charge on any atom is -0.497 e. The van der Waals surface area contributed by atoms with Crippen LogP contribution < -0.4 is 4.74 Å². The molecule has 0 radical (unpaired) electrons. The summed E-state index contributed by atoms with van der Waals surface area (Å²) < 4.78 is 29.6. The van der Waals surface area contributed by atoms with Crippen LogP contribution in [-0.2, 0) is 9.84 Å². The molecule has 5 heteroatoms. The Labute approximate surface area is 108 Å². The maximum Gasteiger partial charge on any atom is 0.194 e. The van der Waals surface area contributed by atoms with Crippen molar-refractivity contribution in [3.63, 3.8) is 0 Å². The lowest BCUT2D eigenvalue weighted by atomic mass is 10.1. The molecule has 0 aliphatic heterocycles. The van der Waals surface area contributed by atoms with E-state index in [1.807, 2.05) is 13.0 Å². The first-order valence-electron chi connectivity index (χ1n) is 5.75. The van der Waals surface area contributed by atoms with Gasteiger partial charge in [0.2, 0.25) is 0 Å². The summed E-state index contributed by atoms with van der Waals surface area (Å²) in [6.07, 6.45) is 0.646. The minimum atomic E-state index is -3.60. The van der Waals surface area contributed by atoms with Crippen LogP contribution >= 0.6 is 0 Å². The molecule has 0 N–H and O–H groups in total. The van der Waals surface area contributed by atoms with Gasteiger partial charge in [0.1, 0.15) is 5.75 Å². The molecule has 0 saturated heterocycles. The second kappa shape index (κ2) is 5.87. The maximum absolute atomic E-state index is 12.3. The number of rotatable bonds is 5. The summed E-state index contributed by atoms with van der Waals surface area (Å²) in [6, 6.07) is 8.01. The highest BCUT2D eigenvalue weighted by molar-refractivity contribution is 7.92. The quantitative estimate of drug-likeness (QED) is 0.821. The van der Waals surface area contributed by atoms with Crippen molar-refractivity contribution >= 4 is 9.84 Å². The van der Waals surface area contributed by atoms with E-state index in [0.29, 0.717) is 12.2 Å². The summed E-state index contributed by atoms with van der Waals surface area (Å²) in [5.74, 6) is 0.396. The molecule has 18 heavy (non-hydrogen) atoms. The van der Waals surface area contributed by atoms with Gasteiger partial charge < -0.3 is 4.74 Å². The van der Waals surface area contributed by atoms with Crippen LogP contribution in [0.1, 0.15) is 20.3 Å². The Morgan fingerprint density at radius 3 is 2.28 bits per heavy atom. The van der Waals surface area contributed by atoms with Gasteiger partial charge in [-0.25, -0.2) is 8.42 Å². The zero-order chi connectivity index (χ0) is 13.8. The standard InChI is InChI=1S/C13H17NO3S/c1-4-10(2)13(9-14)18(15,16)12-7-5-11(17-3)6-8-12/h5-8,10,13H,4H2,1-3H3. The Kier molecular flexibility index (Phi) is 4.74. The largest absolute Gasteiger partial charge is 0.497 e. The van der Waals surface area contributed by atoms with E-state index in [0.717, 1.165) is 0 Å². The van der Waals surface area contributed by atoms with Crippen LogP contribution in [-0.4, -0.2) is 20.8 Å². The van der Waals surface area contributed by atoms with E-state index in [2.05, 4.69) is 0 Å². The Morgan fingerprint density at radius 1 is 1.33 bits per heavy atom. The van der Waals surface area contributed by atoms with Crippen LogP contribution in [0.25, 0.3) is 0 Å². The van der Waals surface area contributed by atoms with E-state index >= 15 is 0 Å². The van der Waals surface area contributed by atoms with Crippen molar-refractivity contribution < 1.29 is 13.2 Å². The summed E-state index contributed by atoms with van der Waals surface area (Å²) in [6.45, 7) is 3.65. The van der Waals surface area contributed by atoms with Crippen LogP contribution in [0, 0.1) is 17.2 Å². The van der Waals surface area contributed by atoms with E-state index < -0.39 is 15.1 Å².